The number of Topliss-reactive ketones (excluding diaryl/α,β-unsaturated/α-hetero) is 4. The Morgan fingerprint density at radius 2 is 1.62 bits per heavy atom. The third kappa shape index (κ3) is 9.61. The Morgan fingerprint density at radius 1 is 0.980 bits per heavy atom. The van der Waals surface area contributed by atoms with E-state index in [1.165, 1.54) is 0 Å². The first-order valence-electron chi connectivity index (χ1n) is 19.3. The summed E-state index contributed by atoms with van der Waals surface area (Å²) in [5, 5.41) is 0. The fourth-order valence-corrected chi connectivity index (χ4v) is 10.6. The van der Waals surface area contributed by atoms with Crippen molar-refractivity contribution in [2.24, 2.45) is 34.5 Å². The predicted octanol–water partition coefficient (Wildman–Crippen LogP) is 6.65. The van der Waals surface area contributed by atoms with Crippen molar-refractivity contribution in [1.82, 2.24) is 4.90 Å². The molecule has 9 nitrogen and oxygen atoms in total. The molecule has 2 aliphatic heterocycles. The fourth-order valence-electron chi connectivity index (χ4n) is 9.02. The van der Waals surface area contributed by atoms with E-state index >= 15 is 0 Å². The number of fused-ring (bicyclic) bond motifs is 3. The normalized spacial score (nSPS) is 29.5. The molecule has 0 aromatic rings. The molecule has 5 atom stereocenters. The Hall–Kier alpha value is -2.20. The first-order valence-corrected chi connectivity index (χ1v) is 20.9. The third-order valence-corrected chi connectivity index (χ3v) is 15.2. The van der Waals surface area contributed by atoms with Crippen LogP contribution in [0.3, 0.4) is 0 Å². The highest BCUT2D eigenvalue weighted by Crippen LogP contribution is 2.65. The van der Waals surface area contributed by atoms with Gasteiger partial charge in [0.25, 0.3) is 0 Å². The van der Waals surface area contributed by atoms with Crippen LogP contribution in [0.15, 0.2) is 12.7 Å². The molecule has 0 aromatic heterocycles. The van der Waals surface area contributed by atoms with Crippen molar-refractivity contribution in [2.75, 3.05) is 25.5 Å². The molecule has 0 unspecified atom stereocenters. The maximum Gasteiger partial charge on any atom is 0.229 e. The van der Waals surface area contributed by atoms with Gasteiger partial charge in [-0.05, 0) is 75.5 Å². The molecule has 2 saturated heterocycles. The van der Waals surface area contributed by atoms with E-state index in [0.29, 0.717) is 38.8 Å². The Bertz CT molecular complexity index is 1390. The Kier molecular flexibility index (Phi) is 13.5. The molecule has 4 fully saturated rings. The number of carbonyl (C=O) groups is 5. The molecule has 0 N–H and O–H groups in total. The number of piperidine rings is 1. The van der Waals surface area contributed by atoms with E-state index in [9.17, 15) is 32.4 Å². The van der Waals surface area contributed by atoms with Gasteiger partial charge in [0.15, 0.2) is 21.4 Å². The summed E-state index contributed by atoms with van der Waals surface area (Å²) in [6.45, 7) is 13.9. The highest BCUT2D eigenvalue weighted by atomic mass is 32.2. The quantitative estimate of drug-likeness (QED) is 0.172. The fraction of sp³-hybridized carbons (Fsp3) is 0.825. The maximum absolute atomic E-state index is 14.5. The molecule has 4 rings (SSSR count). The van der Waals surface area contributed by atoms with Crippen LogP contribution < -0.4 is 0 Å². The van der Waals surface area contributed by atoms with Crippen molar-refractivity contribution >= 4 is 38.9 Å². The van der Waals surface area contributed by atoms with Gasteiger partial charge in [0.1, 0.15) is 5.78 Å². The molecule has 1 amide bonds. The lowest BCUT2D eigenvalue weighted by atomic mass is 9.71. The van der Waals surface area contributed by atoms with Gasteiger partial charge in [-0.3, -0.25) is 24.0 Å². The number of rotatable bonds is 11. The monoisotopic (exact) mass is 717 g/mol. The van der Waals surface area contributed by atoms with Crippen LogP contribution in [0.25, 0.3) is 0 Å². The number of allylic oxidation sites excluding steroid dienone is 1. The van der Waals surface area contributed by atoms with E-state index in [0.717, 1.165) is 51.4 Å². The predicted molar refractivity (Wildman–Crippen MR) is 194 cm³/mol. The molecule has 10 heteroatoms. The van der Waals surface area contributed by atoms with Gasteiger partial charge in [0, 0.05) is 44.8 Å². The summed E-state index contributed by atoms with van der Waals surface area (Å²) in [5.41, 5.74) is -0.781. The Balaban J connectivity index is 1.58. The first kappa shape index (κ1) is 40.6. The van der Waals surface area contributed by atoms with Gasteiger partial charge in [-0.1, -0.05) is 64.9 Å². The SMILES string of the molecule is C=CCCC(=O)C(=O)[C@@H]1CCCCCCCOC[C@H](CC(=O)CC2(CS(=O)(=O)C(C)(C)C)CCCCC2)C(=O)N2C[C@H]3[C@@H]([C@H]2C(=O)C1)C3(C)C. The molecule has 50 heavy (non-hydrogen) atoms. The van der Waals surface area contributed by atoms with E-state index in [1.807, 2.05) is 0 Å². The molecule has 2 heterocycles. The Morgan fingerprint density at radius 3 is 2.28 bits per heavy atom. The van der Waals surface area contributed by atoms with Gasteiger partial charge >= 0.3 is 0 Å². The number of ether oxygens (including phenoxy) is 1. The molecule has 2 aliphatic carbocycles. The largest absolute Gasteiger partial charge is 0.381 e. The molecule has 0 radical (unpaired) electrons. The zero-order valence-corrected chi connectivity index (χ0v) is 32.3. The molecule has 0 bridgehead atoms. The number of ketones is 4. The van der Waals surface area contributed by atoms with Crippen molar-refractivity contribution in [3.8, 4) is 0 Å². The van der Waals surface area contributed by atoms with Crippen LogP contribution in [-0.4, -0.2) is 78.7 Å². The third-order valence-electron chi connectivity index (χ3n) is 12.4. The van der Waals surface area contributed by atoms with Crippen molar-refractivity contribution in [3.05, 3.63) is 12.7 Å². The average Bonchev–Trinajstić information content (AvgIpc) is 3.34. The number of hydrogen-bond donors (Lipinski definition) is 0. The lowest BCUT2D eigenvalue weighted by molar-refractivity contribution is -0.147. The summed E-state index contributed by atoms with van der Waals surface area (Å²) in [5.74, 6) is -3.01. The second-order valence-corrected chi connectivity index (χ2v) is 20.3. The van der Waals surface area contributed by atoms with Crippen LogP contribution in [-0.2, 0) is 38.5 Å². The minimum Gasteiger partial charge on any atom is -0.381 e. The van der Waals surface area contributed by atoms with E-state index in [1.54, 1.807) is 31.7 Å². The van der Waals surface area contributed by atoms with Gasteiger partial charge in [-0.2, -0.15) is 0 Å². The summed E-state index contributed by atoms with van der Waals surface area (Å²) in [6, 6.07) is -0.715. The van der Waals surface area contributed by atoms with Crippen molar-refractivity contribution < 1.29 is 37.1 Å². The van der Waals surface area contributed by atoms with Crippen LogP contribution in [0, 0.1) is 34.5 Å². The van der Waals surface area contributed by atoms with Gasteiger partial charge in [-0.15, -0.1) is 6.58 Å². The highest BCUT2D eigenvalue weighted by molar-refractivity contribution is 7.92. The smallest absolute Gasteiger partial charge is 0.229 e. The van der Waals surface area contributed by atoms with E-state index in [-0.39, 0.29) is 72.8 Å². The lowest BCUT2D eigenvalue weighted by Gasteiger charge is -2.39. The van der Waals surface area contributed by atoms with Crippen LogP contribution in [0.2, 0.25) is 0 Å². The van der Waals surface area contributed by atoms with Crippen molar-refractivity contribution in [2.45, 2.75) is 148 Å². The molecule has 0 spiro atoms. The summed E-state index contributed by atoms with van der Waals surface area (Å²) in [6.07, 6.45) is 10.9. The zero-order chi connectivity index (χ0) is 36.9. The summed E-state index contributed by atoms with van der Waals surface area (Å²) in [4.78, 5) is 70.5. The standard InChI is InChI=1S/C40H63NO8S/c1-7-8-18-32(43)36(45)28-17-13-10-9-11-16-21-49-26-29(37(46)41-25-31-34(39(31,5)6)35(41)33(44)23-28)22-30(42)24-40(19-14-12-15-20-40)27-50(47,48)38(2,3)4/h7,28-29,31,34-35H,1,8-27H2,2-6H3/t28-,29+,31+,34+,35-/m1/s1. The number of hydrogen-bond acceptors (Lipinski definition) is 8. The molecule has 0 aromatic carbocycles. The lowest BCUT2D eigenvalue weighted by Crippen LogP contribution is -2.49. The number of carbonyl (C=O) groups excluding carboxylic acids is 5. The summed E-state index contributed by atoms with van der Waals surface area (Å²) >= 11 is 0. The average molecular weight is 718 g/mol. The van der Waals surface area contributed by atoms with E-state index in [4.69, 9.17) is 4.74 Å². The first-order chi connectivity index (χ1) is 23.4. The zero-order valence-electron chi connectivity index (χ0n) is 31.4. The van der Waals surface area contributed by atoms with Crippen LogP contribution in [0.1, 0.15) is 137 Å². The van der Waals surface area contributed by atoms with Crippen molar-refractivity contribution in [1.29, 1.82) is 0 Å². The highest BCUT2D eigenvalue weighted by Gasteiger charge is 2.69. The van der Waals surface area contributed by atoms with Gasteiger partial charge in [0.2, 0.25) is 11.7 Å². The van der Waals surface area contributed by atoms with E-state index < -0.39 is 49.4 Å². The molecule has 282 valence electrons. The molecular weight excluding hydrogens is 655 g/mol. The number of nitrogens with zero attached hydrogens (tertiary/aromatic N) is 1. The van der Waals surface area contributed by atoms with Crippen LogP contribution in [0.4, 0.5) is 0 Å². The van der Waals surface area contributed by atoms with Crippen LogP contribution >= 0.6 is 0 Å². The van der Waals surface area contributed by atoms with Gasteiger partial charge < -0.3 is 9.64 Å². The van der Waals surface area contributed by atoms with Gasteiger partial charge in [-0.25, -0.2) is 8.42 Å². The summed E-state index contributed by atoms with van der Waals surface area (Å²) < 4.78 is 31.9. The Labute approximate surface area is 301 Å². The topological polar surface area (TPSA) is 132 Å². The molecule has 2 saturated carbocycles. The van der Waals surface area contributed by atoms with Crippen molar-refractivity contribution in [3.63, 3.8) is 0 Å². The maximum atomic E-state index is 14.5. The minimum atomic E-state index is -3.47. The molecule has 4 aliphatic rings. The second kappa shape index (κ2) is 16.6. The van der Waals surface area contributed by atoms with Crippen LogP contribution in [0.5, 0.6) is 0 Å². The van der Waals surface area contributed by atoms with Gasteiger partial charge in [0.05, 0.1) is 29.1 Å². The molecular formula is C40H63NO8S. The number of sulfone groups is 1. The van der Waals surface area contributed by atoms with E-state index in [2.05, 4.69) is 20.4 Å². The second-order valence-electron chi connectivity index (χ2n) is 17.6. The minimum absolute atomic E-state index is 0.0402. The number of amides is 1. The summed E-state index contributed by atoms with van der Waals surface area (Å²) in [7, 11) is -3.47.